The van der Waals surface area contributed by atoms with E-state index in [0.717, 1.165) is 18.4 Å². The van der Waals surface area contributed by atoms with Gasteiger partial charge < -0.3 is 10.1 Å². The topological polar surface area (TPSA) is 79.8 Å². The van der Waals surface area contributed by atoms with Crippen LogP contribution in [0.1, 0.15) is 96.5 Å². The molecule has 1 aromatic rings. The first-order valence-electron chi connectivity index (χ1n) is 12.0. The number of hydrogen-bond acceptors (Lipinski definition) is 4. The Labute approximate surface area is 188 Å². The number of ether oxygens (including phenoxy) is 1. The highest BCUT2D eigenvalue weighted by Gasteiger charge is 2.05. The highest BCUT2D eigenvalue weighted by molar-refractivity contribution is 5.87. The molecule has 2 N–H and O–H groups in total. The number of hydrazone groups is 1. The lowest BCUT2D eigenvalue weighted by atomic mass is 10.1. The van der Waals surface area contributed by atoms with Gasteiger partial charge in [-0.15, -0.1) is 0 Å². The van der Waals surface area contributed by atoms with Crippen LogP contribution in [-0.2, 0) is 9.59 Å². The van der Waals surface area contributed by atoms with Gasteiger partial charge in [0, 0.05) is 12.0 Å². The number of carbonyl (C=O) groups is 2. The summed E-state index contributed by atoms with van der Waals surface area (Å²) < 4.78 is 5.50. The van der Waals surface area contributed by atoms with Crippen LogP contribution in [0.4, 0.5) is 0 Å². The third kappa shape index (κ3) is 14.3. The van der Waals surface area contributed by atoms with Crippen LogP contribution in [0, 0.1) is 0 Å². The van der Waals surface area contributed by atoms with Gasteiger partial charge >= 0.3 is 0 Å². The number of unbranched alkanes of at least 4 members (excludes halogenated alkanes) is 10. The smallest absolute Gasteiger partial charge is 0.259 e. The zero-order valence-electron chi connectivity index (χ0n) is 19.5. The highest BCUT2D eigenvalue weighted by atomic mass is 16.5. The van der Waals surface area contributed by atoms with Gasteiger partial charge in [0.2, 0.25) is 5.91 Å². The molecule has 1 aromatic carbocycles. The number of carbonyl (C=O) groups excluding carboxylic acids is 2. The summed E-state index contributed by atoms with van der Waals surface area (Å²) in [6.45, 7) is 4.65. The number of benzene rings is 1. The Hall–Kier alpha value is -2.37. The molecule has 2 amide bonds. The van der Waals surface area contributed by atoms with Crippen molar-refractivity contribution < 1.29 is 14.3 Å². The van der Waals surface area contributed by atoms with Crippen molar-refractivity contribution in [3.8, 4) is 5.75 Å². The maximum Gasteiger partial charge on any atom is 0.259 e. The average molecular weight is 432 g/mol. The van der Waals surface area contributed by atoms with E-state index in [4.69, 9.17) is 4.74 Å². The molecule has 31 heavy (non-hydrogen) atoms. The van der Waals surface area contributed by atoms with Gasteiger partial charge in [-0.2, -0.15) is 5.10 Å². The van der Waals surface area contributed by atoms with Crippen LogP contribution >= 0.6 is 0 Å². The molecule has 0 spiro atoms. The molecule has 0 radical (unpaired) electrons. The standard InChI is InChI=1S/C25H41N3O3/c1-3-5-6-7-8-9-10-11-12-13-14-19-24(29)26-21-25(30)28-27-20-22-17-15-16-18-23(22)31-4-2/h15-18,20H,3-14,19,21H2,1-2H3,(H,26,29)(H,28,30). The second-order valence-corrected chi connectivity index (χ2v) is 7.83. The normalized spacial score (nSPS) is 10.9. The molecule has 0 atom stereocenters. The van der Waals surface area contributed by atoms with Crippen LogP contribution in [0.15, 0.2) is 29.4 Å². The van der Waals surface area contributed by atoms with Crippen molar-refractivity contribution in [3.05, 3.63) is 29.8 Å². The fourth-order valence-electron chi connectivity index (χ4n) is 3.30. The van der Waals surface area contributed by atoms with Crippen molar-refractivity contribution in [2.75, 3.05) is 13.2 Å². The average Bonchev–Trinajstić information content (AvgIpc) is 2.77. The summed E-state index contributed by atoms with van der Waals surface area (Å²) >= 11 is 0. The molecule has 174 valence electrons. The zero-order valence-corrected chi connectivity index (χ0v) is 19.5. The molecule has 1 rings (SSSR count). The molecule has 0 bridgehead atoms. The number of para-hydroxylation sites is 1. The lowest BCUT2D eigenvalue weighted by molar-refractivity contribution is -0.126. The highest BCUT2D eigenvalue weighted by Crippen LogP contribution is 2.15. The minimum absolute atomic E-state index is 0.0681. The third-order valence-electron chi connectivity index (χ3n) is 5.07. The minimum atomic E-state index is -0.350. The third-order valence-corrected chi connectivity index (χ3v) is 5.07. The zero-order chi connectivity index (χ0) is 22.6. The molecule has 0 saturated carbocycles. The SMILES string of the molecule is CCCCCCCCCCCCCC(=O)NCC(=O)NN=Cc1ccccc1OCC. The maximum atomic E-state index is 11.9. The Morgan fingerprint density at radius 3 is 2.13 bits per heavy atom. The quantitative estimate of drug-likeness (QED) is 0.187. The minimum Gasteiger partial charge on any atom is -0.493 e. The van der Waals surface area contributed by atoms with E-state index in [2.05, 4.69) is 22.8 Å². The number of hydrogen-bond donors (Lipinski definition) is 2. The molecule has 0 aliphatic rings. The van der Waals surface area contributed by atoms with Crippen molar-refractivity contribution in [1.29, 1.82) is 0 Å². The van der Waals surface area contributed by atoms with Crippen molar-refractivity contribution in [2.45, 2.75) is 90.9 Å². The van der Waals surface area contributed by atoms with Crippen molar-refractivity contribution in [2.24, 2.45) is 5.10 Å². The number of amides is 2. The molecule has 0 unspecified atom stereocenters. The van der Waals surface area contributed by atoms with Gasteiger partial charge in [0.1, 0.15) is 5.75 Å². The van der Waals surface area contributed by atoms with Gasteiger partial charge in [0.15, 0.2) is 0 Å². The molecule has 0 aliphatic heterocycles. The largest absolute Gasteiger partial charge is 0.493 e. The number of rotatable bonds is 18. The van der Waals surface area contributed by atoms with Gasteiger partial charge in [-0.25, -0.2) is 5.43 Å². The van der Waals surface area contributed by atoms with E-state index < -0.39 is 0 Å². The van der Waals surface area contributed by atoms with Crippen LogP contribution in [0.3, 0.4) is 0 Å². The summed E-state index contributed by atoms with van der Waals surface area (Å²) in [5.74, 6) is 0.275. The lowest BCUT2D eigenvalue weighted by Gasteiger charge is -2.06. The Kier molecular flexibility index (Phi) is 15.8. The summed E-state index contributed by atoms with van der Waals surface area (Å²) in [6.07, 6.45) is 15.8. The van der Waals surface area contributed by atoms with E-state index in [1.54, 1.807) is 0 Å². The van der Waals surface area contributed by atoms with E-state index >= 15 is 0 Å². The maximum absolute atomic E-state index is 11.9. The second-order valence-electron chi connectivity index (χ2n) is 7.83. The first-order valence-corrected chi connectivity index (χ1v) is 12.0. The first-order chi connectivity index (χ1) is 15.2. The van der Waals surface area contributed by atoms with Gasteiger partial charge in [-0.1, -0.05) is 83.3 Å². The summed E-state index contributed by atoms with van der Waals surface area (Å²) in [7, 11) is 0. The van der Waals surface area contributed by atoms with E-state index in [-0.39, 0.29) is 18.4 Å². The monoisotopic (exact) mass is 431 g/mol. The molecule has 0 aliphatic carbocycles. The molecule has 6 heteroatoms. The Bertz CT molecular complexity index is 647. The van der Waals surface area contributed by atoms with Crippen LogP contribution < -0.4 is 15.5 Å². The fraction of sp³-hybridized carbons (Fsp3) is 0.640. The first kappa shape index (κ1) is 26.7. The van der Waals surface area contributed by atoms with E-state index in [1.807, 2.05) is 31.2 Å². The van der Waals surface area contributed by atoms with Crippen LogP contribution in [0.5, 0.6) is 5.75 Å². The summed E-state index contributed by atoms with van der Waals surface area (Å²) in [5.41, 5.74) is 3.21. The van der Waals surface area contributed by atoms with Crippen molar-refractivity contribution in [3.63, 3.8) is 0 Å². The van der Waals surface area contributed by atoms with Crippen molar-refractivity contribution >= 4 is 18.0 Å². The second kappa shape index (κ2) is 18.4. The predicted molar refractivity (Wildman–Crippen MR) is 127 cm³/mol. The lowest BCUT2D eigenvalue weighted by Crippen LogP contribution is -2.34. The molecule has 0 saturated heterocycles. The Morgan fingerprint density at radius 1 is 0.871 bits per heavy atom. The van der Waals surface area contributed by atoms with E-state index in [9.17, 15) is 9.59 Å². The van der Waals surface area contributed by atoms with Gasteiger partial charge in [-0.05, 0) is 25.5 Å². The van der Waals surface area contributed by atoms with Crippen LogP contribution in [0.2, 0.25) is 0 Å². The Morgan fingerprint density at radius 2 is 1.48 bits per heavy atom. The molecule has 0 heterocycles. The van der Waals surface area contributed by atoms with Gasteiger partial charge in [0.05, 0.1) is 19.4 Å². The molecular formula is C25H41N3O3. The number of nitrogens with zero attached hydrogens (tertiary/aromatic N) is 1. The molecular weight excluding hydrogens is 390 g/mol. The summed E-state index contributed by atoms with van der Waals surface area (Å²) in [5, 5.41) is 6.59. The Balaban J connectivity index is 2.04. The molecule has 0 aromatic heterocycles. The van der Waals surface area contributed by atoms with E-state index in [1.165, 1.54) is 64.0 Å². The summed E-state index contributed by atoms with van der Waals surface area (Å²) in [6, 6.07) is 7.46. The van der Waals surface area contributed by atoms with Gasteiger partial charge in [-0.3, -0.25) is 9.59 Å². The van der Waals surface area contributed by atoms with Crippen LogP contribution in [0.25, 0.3) is 0 Å². The van der Waals surface area contributed by atoms with Crippen molar-refractivity contribution in [1.82, 2.24) is 10.7 Å². The van der Waals surface area contributed by atoms with Crippen LogP contribution in [-0.4, -0.2) is 31.2 Å². The predicted octanol–water partition coefficient (Wildman–Crippen LogP) is 5.35. The fourth-order valence-corrected chi connectivity index (χ4v) is 3.30. The number of nitrogens with one attached hydrogen (secondary N) is 2. The summed E-state index contributed by atoms with van der Waals surface area (Å²) in [4.78, 5) is 23.7. The molecule has 6 nitrogen and oxygen atoms in total. The molecule has 0 fully saturated rings. The van der Waals surface area contributed by atoms with E-state index in [0.29, 0.717) is 18.8 Å². The van der Waals surface area contributed by atoms with Gasteiger partial charge in [0.25, 0.3) is 5.91 Å².